The molecule has 3 rings (SSSR count). The minimum absolute atomic E-state index is 0.141. The molecule has 0 aliphatic heterocycles. The first kappa shape index (κ1) is 22.8. The second-order valence-corrected chi connectivity index (χ2v) is 9.37. The molecule has 3 aromatic rings. The van der Waals surface area contributed by atoms with Gasteiger partial charge in [-0.3, -0.25) is 9.89 Å². The molecule has 0 saturated heterocycles. The molecule has 0 saturated carbocycles. The first-order valence-electron chi connectivity index (χ1n) is 9.46. The summed E-state index contributed by atoms with van der Waals surface area (Å²) in [5.41, 5.74) is 1.49. The molecule has 31 heavy (non-hydrogen) atoms. The largest absolute Gasteiger partial charge is 0.484 e. The second kappa shape index (κ2) is 10.9. The van der Waals surface area contributed by atoms with Gasteiger partial charge in [-0.05, 0) is 36.2 Å². The van der Waals surface area contributed by atoms with Gasteiger partial charge >= 0.3 is 0 Å². The number of aromatic nitrogens is 3. The van der Waals surface area contributed by atoms with Crippen LogP contribution in [0.15, 0.2) is 64.9 Å². The zero-order valence-electron chi connectivity index (χ0n) is 16.9. The molecular formula is C20H23N5O4S2. The summed E-state index contributed by atoms with van der Waals surface area (Å²) < 4.78 is 33.2. The molecule has 1 amide bonds. The smallest absolute Gasteiger partial charge is 0.257 e. The average Bonchev–Trinajstić information content (AvgIpc) is 3.29. The molecule has 164 valence electrons. The number of aromatic amines is 1. The molecule has 9 nitrogen and oxygen atoms in total. The third kappa shape index (κ3) is 7.09. The summed E-state index contributed by atoms with van der Waals surface area (Å²) in [6, 6.07) is 13.8. The lowest BCUT2D eigenvalue weighted by Crippen LogP contribution is -2.30. The molecule has 0 bridgehead atoms. The molecule has 1 aromatic heterocycles. The fourth-order valence-electron chi connectivity index (χ4n) is 2.60. The predicted octanol–water partition coefficient (Wildman–Crippen LogP) is 1.88. The van der Waals surface area contributed by atoms with E-state index >= 15 is 0 Å². The highest BCUT2D eigenvalue weighted by Gasteiger charge is 2.15. The zero-order valence-corrected chi connectivity index (χ0v) is 18.5. The van der Waals surface area contributed by atoms with Crippen LogP contribution in [0, 0.1) is 6.92 Å². The van der Waals surface area contributed by atoms with Crippen molar-refractivity contribution in [2.75, 3.05) is 18.9 Å². The SMILES string of the molecule is Cc1cc(S(=O)(=O)NCc2ccccc2)ccc1OCC(=O)NCCSc1ncn[nH]1. The second-order valence-electron chi connectivity index (χ2n) is 6.52. The highest BCUT2D eigenvalue weighted by molar-refractivity contribution is 7.99. The van der Waals surface area contributed by atoms with Crippen molar-refractivity contribution in [2.45, 2.75) is 23.5 Å². The van der Waals surface area contributed by atoms with Crippen LogP contribution in [-0.2, 0) is 21.4 Å². The number of nitrogens with zero attached hydrogens (tertiary/aromatic N) is 2. The van der Waals surface area contributed by atoms with E-state index in [0.29, 0.717) is 28.8 Å². The van der Waals surface area contributed by atoms with E-state index in [1.165, 1.54) is 30.2 Å². The van der Waals surface area contributed by atoms with Crippen LogP contribution in [0.3, 0.4) is 0 Å². The number of nitrogens with one attached hydrogen (secondary N) is 3. The van der Waals surface area contributed by atoms with Crippen molar-refractivity contribution in [1.82, 2.24) is 25.2 Å². The molecule has 0 radical (unpaired) electrons. The highest BCUT2D eigenvalue weighted by Crippen LogP contribution is 2.22. The van der Waals surface area contributed by atoms with E-state index in [1.807, 2.05) is 30.3 Å². The maximum absolute atomic E-state index is 12.5. The van der Waals surface area contributed by atoms with Crippen LogP contribution in [0.25, 0.3) is 0 Å². The molecule has 0 spiro atoms. The summed E-state index contributed by atoms with van der Waals surface area (Å²) >= 11 is 1.44. The van der Waals surface area contributed by atoms with Crippen LogP contribution in [0.5, 0.6) is 5.75 Å². The first-order valence-corrected chi connectivity index (χ1v) is 11.9. The van der Waals surface area contributed by atoms with E-state index in [2.05, 4.69) is 25.2 Å². The number of H-pyrrole nitrogens is 1. The number of benzene rings is 2. The number of sulfonamides is 1. The van der Waals surface area contributed by atoms with E-state index in [1.54, 1.807) is 13.0 Å². The van der Waals surface area contributed by atoms with Crippen molar-refractivity contribution >= 4 is 27.7 Å². The summed E-state index contributed by atoms with van der Waals surface area (Å²) in [5, 5.41) is 9.91. The van der Waals surface area contributed by atoms with Crippen molar-refractivity contribution in [3.05, 3.63) is 66.0 Å². The van der Waals surface area contributed by atoms with E-state index in [9.17, 15) is 13.2 Å². The minimum Gasteiger partial charge on any atom is -0.484 e. The summed E-state index contributed by atoms with van der Waals surface area (Å²) in [4.78, 5) is 16.1. The minimum atomic E-state index is -3.66. The number of carbonyl (C=O) groups is 1. The molecule has 0 atom stereocenters. The third-order valence-electron chi connectivity index (χ3n) is 4.18. The number of thioether (sulfide) groups is 1. The van der Waals surface area contributed by atoms with Gasteiger partial charge in [0, 0.05) is 18.8 Å². The molecule has 0 fully saturated rings. The van der Waals surface area contributed by atoms with Gasteiger partial charge in [-0.1, -0.05) is 42.1 Å². The van der Waals surface area contributed by atoms with Crippen LogP contribution in [0.4, 0.5) is 0 Å². The first-order chi connectivity index (χ1) is 14.9. The Kier molecular flexibility index (Phi) is 8.04. The molecule has 1 heterocycles. The average molecular weight is 462 g/mol. The normalized spacial score (nSPS) is 11.3. The quantitative estimate of drug-likeness (QED) is 0.294. The standard InChI is InChI=1S/C20H23N5O4S2/c1-15-11-17(31(27,28)24-12-16-5-3-2-4-6-16)7-8-18(15)29-13-19(26)21-9-10-30-20-22-14-23-25-20/h2-8,11,14,24H,9-10,12-13H2,1H3,(H,21,26)(H,22,23,25). The van der Waals surface area contributed by atoms with Gasteiger partial charge in [-0.15, -0.1) is 0 Å². The Labute approximate surface area is 185 Å². The number of aryl methyl sites for hydroxylation is 1. The summed E-state index contributed by atoms with van der Waals surface area (Å²) in [7, 11) is -3.66. The number of hydrogen-bond acceptors (Lipinski definition) is 7. The fraction of sp³-hybridized carbons (Fsp3) is 0.250. The van der Waals surface area contributed by atoms with Crippen LogP contribution >= 0.6 is 11.8 Å². The van der Waals surface area contributed by atoms with Gasteiger partial charge < -0.3 is 10.1 Å². The Balaban J connectivity index is 1.46. The van der Waals surface area contributed by atoms with Crippen LogP contribution < -0.4 is 14.8 Å². The van der Waals surface area contributed by atoms with Gasteiger partial charge in [0.25, 0.3) is 5.91 Å². The molecule has 2 aromatic carbocycles. The van der Waals surface area contributed by atoms with Crippen LogP contribution in [-0.4, -0.2) is 48.4 Å². The topological polar surface area (TPSA) is 126 Å². The van der Waals surface area contributed by atoms with Gasteiger partial charge in [0.2, 0.25) is 10.0 Å². The molecule has 0 aliphatic rings. The van der Waals surface area contributed by atoms with E-state index in [0.717, 1.165) is 5.56 Å². The third-order valence-corrected chi connectivity index (χ3v) is 6.46. The number of carbonyl (C=O) groups excluding carboxylic acids is 1. The van der Waals surface area contributed by atoms with E-state index in [4.69, 9.17) is 4.74 Å². The fourth-order valence-corrected chi connectivity index (χ4v) is 4.34. The van der Waals surface area contributed by atoms with Crippen molar-refractivity contribution in [3.8, 4) is 5.75 Å². The van der Waals surface area contributed by atoms with E-state index < -0.39 is 10.0 Å². The van der Waals surface area contributed by atoms with Crippen LogP contribution in [0.2, 0.25) is 0 Å². The van der Waals surface area contributed by atoms with Gasteiger partial charge in [0.15, 0.2) is 11.8 Å². The highest BCUT2D eigenvalue weighted by atomic mass is 32.2. The Morgan fingerprint density at radius 1 is 1.19 bits per heavy atom. The molecular weight excluding hydrogens is 438 g/mol. The lowest BCUT2D eigenvalue weighted by Gasteiger charge is -2.12. The Hall–Kier alpha value is -2.89. The van der Waals surface area contributed by atoms with Crippen LogP contribution in [0.1, 0.15) is 11.1 Å². The van der Waals surface area contributed by atoms with Crippen molar-refractivity contribution < 1.29 is 17.9 Å². The maximum Gasteiger partial charge on any atom is 0.257 e. The lowest BCUT2D eigenvalue weighted by molar-refractivity contribution is -0.122. The Bertz CT molecular complexity index is 1090. The number of hydrogen-bond donors (Lipinski definition) is 3. The zero-order chi connectivity index (χ0) is 22.1. The van der Waals surface area contributed by atoms with E-state index in [-0.39, 0.29) is 24.0 Å². The Morgan fingerprint density at radius 2 is 2.00 bits per heavy atom. The van der Waals surface area contributed by atoms with Crippen molar-refractivity contribution in [1.29, 1.82) is 0 Å². The van der Waals surface area contributed by atoms with Crippen molar-refractivity contribution in [2.24, 2.45) is 0 Å². The predicted molar refractivity (Wildman–Crippen MR) is 117 cm³/mol. The summed E-state index contributed by atoms with van der Waals surface area (Å²) in [5.74, 6) is 0.828. The number of ether oxygens (including phenoxy) is 1. The van der Waals surface area contributed by atoms with Gasteiger partial charge in [0.1, 0.15) is 12.1 Å². The monoisotopic (exact) mass is 461 g/mol. The molecule has 0 unspecified atom stereocenters. The maximum atomic E-state index is 12.5. The van der Waals surface area contributed by atoms with Crippen molar-refractivity contribution in [3.63, 3.8) is 0 Å². The Morgan fingerprint density at radius 3 is 2.71 bits per heavy atom. The lowest BCUT2D eigenvalue weighted by atomic mass is 10.2. The summed E-state index contributed by atoms with van der Waals surface area (Å²) in [6.45, 7) is 2.23. The summed E-state index contributed by atoms with van der Waals surface area (Å²) in [6.07, 6.45) is 1.42. The van der Waals surface area contributed by atoms with Gasteiger partial charge in [-0.2, -0.15) is 5.10 Å². The molecule has 0 aliphatic carbocycles. The molecule has 11 heteroatoms. The van der Waals surface area contributed by atoms with Gasteiger partial charge in [0.05, 0.1) is 4.90 Å². The van der Waals surface area contributed by atoms with Gasteiger partial charge in [-0.25, -0.2) is 18.1 Å². The number of rotatable bonds is 11. The number of amides is 1. The molecule has 3 N–H and O–H groups in total.